The van der Waals surface area contributed by atoms with Crippen molar-refractivity contribution in [3.05, 3.63) is 82.2 Å². The van der Waals surface area contributed by atoms with E-state index in [4.69, 9.17) is 4.74 Å². The highest BCUT2D eigenvalue weighted by Crippen LogP contribution is 2.40. The van der Waals surface area contributed by atoms with Gasteiger partial charge < -0.3 is 15.2 Å². The van der Waals surface area contributed by atoms with Gasteiger partial charge in [-0.25, -0.2) is 0 Å². The Morgan fingerprint density at radius 2 is 1.85 bits per heavy atom. The SMILES string of the molecule is CCc1cc([C@H](c2cccc(OC)c2)N2CCN(CCO)CC2)c(NC(=O)c2ccccc2)s1. The molecule has 1 fully saturated rings. The quantitative estimate of drug-likeness (QED) is 0.480. The van der Waals surface area contributed by atoms with Crippen LogP contribution in [0.2, 0.25) is 0 Å². The number of hydrogen-bond acceptors (Lipinski definition) is 6. The van der Waals surface area contributed by atoms with Crippen LogP contribution in [-0.4, -0.2) is 67.3 Å². The van der Waals surface area contributed by atoms with Gasteiger partial charge in [-0.3, -0.25) is 14.6 Å². The Morgan fingerprint density at radius 1 is 1.09 bits per heavy atom. The van der Waals surface area contributed by atoms with Crippen molar-refractivity contribution in [2.45, 2.75) is 19.4 Å². The summed E-state index contributed by atoms with van der Waals surface area (Å²) in [4.78, 5) is 19.1. The number of aryl methyl sites for hydroxylation is 1. The van der Waals surface area contributed by atoms with Crippen molar-refractivity contribution < 1.29 is 14.6 Å². The van der Waals surface area contributed by atoms with Gasteiger partial charge in [-0.05, 0) is 42.3 Å². The third-order valence-electron chi connectivity index (χ3n) is 6.32. The van der Waals surface area contributed by atoms with Crippen LogP contribution in [-0.2, 0) is 6.42 Å². The number of anilines is 1. The molecule has 1 saturated heterocycles. The first-order chi connectivity index (χ1) is 16.6. The molecule has 7 heteroatoms. The van der Waals surface area contributed by atoms with E-state index in [0.29, 0.717) is 12.1 Å². The van der Waals surface area contributed by atoms with Crippen molar-refractivity contribution in [2.24, 2.45) is 0 Å². The lowest BCUT2D eigenvalue weighted by Gasteiger charge is -2.39. The number of piperazine rings is 1. The second-order valence-electron chi connectivity index (χ2n) is 8.45. The number of aliphatic hydroxyl groups excluding tert-OH is 1. The van der Waals surface area contributed by atoms with Gasteiger partial charge in [0.1, 0.15) is 10.8 Å². The van der Waals surface area contributed by atoms with E-state index in [1.165, 1.54) is 4.88 Å². The highest BCUT2D eigenvalue weighted by molar-refractivity contribution is 7.16. The standard InChI is InChI=1S/C27H33N3O3S/c1-3-23-19-24(27(34-23)28-26(32)20-8-5-4-6-9-20)25(21-10-7-11-22(18-21)33-2)30-14-12-29(13-15-30)16-17-31/h4-11,18-19,25,31H,3,12-17H2,1-2H3,(H,28,32)/t25-/m0/s1. The minimum Gasteiger partial charge on any atom is -0.497 e. The summed E-state index contributed by atoms with van der Waals surface area (Å²) in [6.07, 6.45) is 0.911. The van der Waals surface area contributed by atoms with Gasteiger partial charge >= 0.3 is 0 Å². The van der Waals surface area contributed by atoms with Crippen LogP contribution in [0.4, 0.5) is 5.00 Å². The summed E-state index contributed by atoms with van der Waals surface area (Å²) in [5, 5.41) is 13.4. The largest absolute Gasteiger partial charge is 0.497 e. The number of methoxy groups -OCH3 is 1. The number of β-amino-alcohol motifs (C(OH)–C–C–N with tert-alkyl or cyclic N) is 1. The molecule has 2 N–H and O–H groups in total. The maximum atomic E-state index is 13.0. The molecular formula is C27H33N3O3S. The molecule has 0 bridgehead atoms. The molecule has 34 heavy (non-hydrogen) atoms. The second kappa shape index (κ2) is 11.6. The minimum absolute atomic E-state index is 0.00556. The molecule has 2 heterocycles. The van der Waals surface area contributed by atoms with Gasteiger partial charge in [0.05, 0.1) is 19.8 Å². The van der Waals surface area contributed by atoms with Crippen LogP contribution in [0, 0.1) is 0 Å². The number of hydrogen-bond donors (Lipinski definition) is 2. The number of nitrogens with zero attached hydrogens (tertiary/aromatic N) is 2. The Bertz CT molecular complexity index is 1080. The molecule has 1 aromatic heterocycles. The number of carbonyl (C=O) groups is 1. The maximum absolute atomic E-state index is 13.0. The third kappa shape index (κ3) is 5.67. The zero-order valence-electron chi connectivity index (χ0n) is 19.9. The van der Waals surface area contributed by atoms with E-state index in [1.54, 1.807) is 18.4 Å². The smallest absolute Gasteiger partial charge is 0.256 e. The number of benzene rings is 2. The summed E-state index contributed by atoms with van der Waals surface area (Å²) in [5.41, 5.74) is 2.91. The van der Waals surface area contributed by atoms with Gasteiger partial charge in [0.15, 0.2) is 0 Å². The lowest BCUT2D eigenvalue weighted by Crippen LogP contribution is -2.48. The third-order valence-corrected chi connectivity index (χ3v) is 7.53. The first-order valence-electron chi connectivity index (χ1n) is 11.8. The average Bonchev–Trinajstić information content (AvgIpc) is 3.28. The molecule has 4 rings (SSSR count). The lowest BCUT2D eigenvalue weighted by molar-refractivity contribution is 0.0945. The molecule has 1 aliphatic rings. The lowest BCUT2D eigenvalue weighted by atomic mass is 9.97. The Balaban J connectivity index is 1.70. The van der Waals surface area contributed by atoms with Crippen LogP contribution in [0.25, 0.3) is 0 Å². The van der Waals surface area contributed by atoms with Gasteiger partial charge in [0.25, 0.3) is 5.91 Å². The normalized spacial score (nSPS) is 15.7. The van der Waals surface area contributed by atoms with Crippen LogP contribution in [0.1, 0.15) is 39.3 Å². The fourth-order valence-electron chi connectivity index (χ4n) is 4.48. The number of nitrogens with one attached hydrogen (secondary N) is 1. The summed E-state index contributed by atoms with van der Waals surface area (Å²) in [6, 6.07) is 19.8. The molecule has 0 aliphatic carbocycles. The summed E-state index contributed by atoms with van der Waals surface area (Å²) >= 11 is 1.65. The Morgan fingerprint density at radius 3 is 2.53 bits per heavy atom. The van der Waals surface area contributed by atoms with E-state index >= 15 is 0 Å². The van der Waals surface area contributed by atoms with Crippen LogP contribution in [0.15, 0.2) is 60.7 Å². The summed E-state index contributed by atoms with van der Waals surface area (Å²) in [7, 11) is 1.69. The topological polar surface area (TPSA) is 65.0 Å². The average molecular weight is 480 g/mol. The van der Waals surface area contributed by atoms with Gasteiger partial charge in [-0.2, -0.15) is 0 Å². The molecule has 3 aromatic rings. The van der Waals surface area contributed by atoms with E-state index in [9.17, 15) is 9.90 Å². The van der Waals surface area contributed by atoms with E-state index in [1.807, 2.05) is 42.5 Å². The van der Waals surface area contributed by atoms with E-state index in [2.05, 4.69) is 40.2 Å². The second-order valence-corrected chi connectivity index (χ2v) is 9.59. The molecule has 0 radical (unpaired) electrons. The molecule has 2 aromatic carbocycles. The molecule has 1 amide bonds. The highest BCUT2D eigenvalue weighted by atomic mass is 32.1. The number of rotatable bonds is 9. The number of amides is 1. The predicted molar refractivity (Wildman–Crippen MR) is 138 cm³/mol. The molecule has 1 atom stereocenters. The molecular weight excluding hydrogens is 446 g/mol. The molecule has 0 unspecified atom stereocenters. The Kier molecular flexibility index (Phi) is 8.34. The van der Waals surface area contributed by atoms with E-state index in [-0.39, 0.29) is 18.6 Å². The van der Waals surface area contributed by atoms with Crippen molar-refractivity contribution in [3.8, 4) is 5.75 Å². The van der Waals surface area contributed by atoms with E-state index < -0.39 is 0 Å². The number of ether oxygens (including phenoxy) is 1. The van der Waals surface area contributed by atoms with Gasteiger partial charge in [0, 0.05) is 48.7 Å². The van der Waals surface area contributed by atoms with Gasteiger partial charge in [0.2, 0.25) is 0 Å². The zero-order valence-corrected chi connectivity index (χ0v) is 20.7. The predicted octanol–water partition coefficient (Wildman–Crippen LogP) is 4.27. The number of carbonyl (C=O) groups excluding carboxylic acids is 1. The Hall–Kier alpha value is -2.71. The van der Waals surface area contributed by atoms with Crippen molar-refractivity contribution in [3.63, 3.8) is 0 Å². The zero-order chi connectivity index (χ0) is 23.9. The van der Waals surface area contributed by atoms with Crippen molar-refractivity contribution in [2.75, 3.05) is 51.8 Å². The highest BCUT2D eigenvalue weighted by Gasteiger charge is 2.30. The summed E-state index contributed by atoms with van der Waals surface area (Å²) < 4.78 is 5.53. The summed E-state index contributed by atoms with van der Waals surface area (Å²) in [5.74, 6) is 0.728. The van der Waals surface area contributed by atoms with Crippen molar-refractivity contribution >= 4 is 22.2 Å². The van der Waals surface area contributed by atoms with Gasteiger partial charge in [-0.15, -0.1) is 11.3 Å². The van der Waals surface area contributed by atoms with Crippen molar-refractivity contribution in [1.82, 2.24) is 9.80 Å². The Labute approximate surface area is 205 Å². The van der Waals surface area contributed by atoms with Crippen LogP contribution in [0.5, 0.6) is 5.75 Å². The summed E-state index contributed by atoms with van der Waals surface area (Å²) in [6.45, 7) is 6.59. The van der Waals surface area contributed by atoms with Crippen LogP contribution < -0.4 is 10.1 Å². The molecule has 0 spiro atoms. The van der Waals surface area contributed by atoms with E-state index in [0.717, 1.165) is 54.5 Å². The van der Waals surface area contributed by atoms with Crippen LogP contribution >= 0.6 is 11.3 Å². The first kappa shape index (κ1) is 24.4. The monoisotopic (exact) mass is 479 g/mol. The maximum Gasteiger partial charge on any atom is 0.256 e. The van der Waals surface area contributed by atoms with Crippen LogP contribution in [0.3, 0.4) is 0 Å². The number of aliphatic hydroxyl groups is 1. The molecule has 1 aliphatic heterocycles. The fourth-order valence-corrected chi connectivity index (χ4v) is 5.51. The molecule has 6 nitrogen and oxygen atoms in total. The van der Waals surface area contributed by atoms with Gasteiger partial charge in [-0.1, -0.05) is 37.3 Å². The molecule has 0 saturated carbocycles. The fraction of sp³-hybridized carbons (Fsp3) is 0.370. The first-order valence-corrected chi connectivity index (χ1v) is 12.6. The van der Waals surface area contributed by atoms with Crippen molar-refractivity contribution in [1.29, 1.82) is 0 Å². The minimum atomic E-state index is -0.0940. The number of thiophene rings is 1. The molecule has 180 valence electrons.